The van der Waals surface area contributed by atoms with Crippen molar-refractivity contribution in [2.75, 3.05) is 13.6 Å². The van der Waals surface area contributed by atoms with E-state index in [1.807, 2.05) is 0 Å². The zero-order valence-electron chi connectivity index (χ0n) is 9.93. The van der Waals surface area contributed by atoms with Gasteiger partial charge in [-0.05, 0) is 31.2 Å². The van der Waals surface area contributed by atoms with Crippen LogP contribution in [-0.4, -0.2) is 24.5 Å². The normalized spacial score (nSPS) is 30.0. The molecule has 2 unspecified atom stereocenters. The Morgan fingerprint density at radius 2 is 1.85 bits per heavy atom. The summed E-state index contributed by atoms with van der Waals surface area (Å²) in [6.07, 6.45) is 4.27. The van der Waals surface area contributed by atoms with E-state index in [9.17, 15) is 0 Å². The Morgan fingerprint density at radius 1 is 1.23 bits per heavy atom. The van der Waals surface area contributed by atoms with E-state index in [-0.39, 0.29) is 0 Å². The van der Waals surface area contributed by atoms with Crippen LogP contribution in [0, 0.1) is 11.3 Å². The van der Waals surface area contributed by atoms with Crippen LogP contribution in [0.25, 0.3) is 0 Å². The molecule has 1 aliphatic rings. The highest BCUT2D eigenvalue weighted by molar-refractivity contribution is 4.83. The van der Waals surface area contributed by atoms with E-state index >= 15 is 0 Å². The Morgan fingerprint density at radius 3 is 2.23 bits per heavy atom. The summed E-state index contributed by atoms with van der Waals surface area (Å²) < 4.78 is 0. The van der Waals surface area contributed by atoms with Crippen LogP contribution < -0.4 is 0 Å². The highest BCUT2D eigenvalue weighted by Gasteiger charge is 2.28. The first-order chi connectivity index (χ1) is 5.90. The molecule has 0 amide bonds. The third-order valence-electron chi connectivity index (χ3n) is 3.11. The van der Waals surface area contributed by atoms with Crippen LogP contribution in [0.3, 0.4) is 0 Å². The first kappa shape index (κ1) is 11.0. The van der Waals surface area contributed by atoms with Crippen molar-refractivity contribution in [1.82, 2.24) is 4.90 Å². The van der Waals surface area contributed by atoms with Crippen molar-refractivity contribution in [3.8, 4) is 0 Å². The molecular formula is C12H25N. The average Bonchev–Trinajstić information content (AvgIpc) is 2.30. The third-order valence-corrected chi connectivity index (χ3v) is 3.11. The standard InChI is InChI=1S/C12H25N/c1-10-7-6-8-11(10)13(5)9-12(2,3)4/h10-11H,6-9H2,1-5H3. The molecule has 0 bridgehead atoms. The van der Waals surface area contributed by atoms with Crippen LogP contribution in [0.2, 0.25) is 0 Å². The minimum Gasteiger partial charge on any atom is -0.303 e. The molecule has 0 saturated heterocycles. The van der Waals surface area contributed by atoms with Gasteiger partial charge in [0.25, 0.3) is 0 Å². The molecule has 0 aromatic heterocycles. The van der Waals surface area contributed by atoms with Crippen molar-refractivity contribution in [2.24, 2.45) is 11.3 Å². The Kier molecular flexibility index (Phi) is 3.39. The largest absolute Gasteiger partial charge is 0.303 e. The molecule has 0 radical (unpaired) electrons. The predicted octanol–water partition coefficient (Wildman–Crippen LogP) is 3.15. The quantitative estimate of drug-likeness (QED) is 0.635. The van der Waals surface area contributed by atoms with E-state index in [2.05, 4.69) is 39.6 Å². The molecule has 0 aromatic carbocycles. The lowest BCUT2D eigenvalue weighted by atomic mass is 9.94. The summed E-state index contributed by atoms with van der Waals surface area (Å²) in [6.45, 7) is 10.6. The predicted molar refractivity (Wildman–Crippen MR) is 58.9 cm³/mol. The van der Waals surface area contributed by atoms with Crippen LogP contribution in [0.5, 0.6) is 0 Å². The minimum absolute atomic E-state index is 0.442. The zero-order chi connectivity index (χ0) is 10.1. The van der Waals surface area contributed by atoms with Gasteiger partial charge in [0.05, 0.1) is 0 Å². The van der Waals surface area contributed by atoms with Crippen LogP contribution in [0.1, 0.15) is 47.0 Å². The summed E-state index contributed by atoms with van der Waals surface area (Å²) >= 11 is 0. The average molecular weight is 183 g/mol. The minimum atomic E-state index is 0.442. The summed E-state index contributed by atoms with van der Waals surface area (Å²) in [4.78, 5) is 2.57. The topological polar surface area (TPSA) is 3.24 Å². The van der Waals surface area contributed by atoms with Crippen LogP contribution >= 0.6 is 0 Å². The molecule has 1 fully saturated rings. The Balaban J connectivity index is 2.43. The number of hydrogen-bond acceptors (Lipinski definition) is 1. The molecule has 0 spiro atoms. The molecule has 1 heteroatoms. The number of rotatable bonds is 2. The van der Waals surface area contributed by atoms with E-state index in [0.29, 0.717) is 5.41 Å². The molecule has 1 nitrogen and oxygen atoms in total. The van der Waals surface area contributed by atoms with Gasteiger partial charge in [-0.15, -0.1) is 0 Å². The lowest BCUT2D eigenvalue weighted by Gasteiger charge is -2.33. The summed E-state index contributed by atoms with van der Waals surface area (Å²) in [5.41, 5.74) is 0.442. The van der Waals surface area contributed by atoms with Gasteiger partial charge in [0.15, 0.2) is 0 Å². The van der Waals surface area contributed by atoms with Gasteiger partial charge in [0.2, 0.25) is 0 Å². The van der Waals surface area contributed by atoms with Crippen molar-refractivity contribution < 1.29 is 0 Å². The van der Waals surface area contributed by atoms with Gasteiger partial charge in [-0.1, -0.05) is 34.1 Å². The van der Waals surface area contributed by atoms with Gasteiger partial charge in [-0.3, -0.25) is 0 Å². The Labute approximate surface area is 83.5 Å². The molecule has 1 aliphatic carbocycles. The fourth-order valence-corrected chi connectivity index (χ4v) is 2.65. The lowest BCUT2D eigenvalue weighted by molar-refractivity contribution is 0.149. The molecular weight excluding hydrogens is 158 g/mol. The van der Waals surface area contributed by atoms with Gasteiger partial charge in [0, 0.05) is 12.6 Å². The van der Waals surface area contributed by atoms with Crippen LogP contribution in [0.4, 0.5) is 0 Å². The molecule has 0 N–H and O–H groups in total. The van der Waals surface area contributed by atoms with Gasteiger partial charge in [0.1, 0.15) is 0 Å². The number of hydrogen-bond donors (Lipinski definition) is 0. The summed E-state index contributed by atoms with van der Waals surface area (Å²) in [7, 11) is 2.29. The molecule has 1 saturated carbocycles. The Bertz CT molecular complexity index is 157. The molecule has 0 aromatic rings. The number of nitrogens with zero attached hydrogens (tertiary/aromatic N) is 1. The van der Waals surface area contributed by atoms with E-state index in [1.165, 1.54) is 25.8 Å². The van der Waals surface area contributed by atoms with Crippen molar-refractivity contribution >= 4 is 0 Å². The lowest BCUT2D eigenvalue weighted by Crippen LogP contribution is -2.39. The summed E-state index contributed by atoms with van der Waals surface area (Å²) in [5.74, 6) is 0.910. The molecule has 1 rings (SSSR count). The first-order valence-corrected chi connectivity index (χ1v) is 5.60. The van der Waals surface area contributed by atoms with Gasteiger partial charge >= 0.3 is 0 Å². The van der Waals surface area contributed by atoms with Crippen molar-refractivity contribution in [1.29, 1.82) is 0 Å². The second kappa shape index (κ2) is 4.00. The Hall–Kier alpha value is -0.0400. The van der Waals surface area contributed by atoms with E-state index < -0.39 is 0 Å². The molecule has 0 aliphatic heterocycles. The zero-order valence-corrected chi connectivity index (χ0v) is 9.93. The van der Waals surface area contributed by atoms with Crippen LogP contribution in [0.15, 0.2) is 0 Å². The fourth-order valence-electron chi connectivity index (χ4n) is 2.65. The molecule has 78 valence electrons. The fraction of sp³-hybridized carbons (Fsp3) is 1.00. The van der Waals surface area contributed by atoms with Gasteiger partial charge < -0.3 is 4.90 Å². The molecule has 0 heterocycles. The maximum Gasteiger partial charge on any atom is 0.0118 e. The second-order valence-electron chi connectivity index (χ2n) is 5.95. The van der Waals surface area contributed by atoms with Gasteiger partial charge in [-0.25, -0.2) is 0 Å². The van der Waals surface area contributed by atoms with E-state index in [4.69, 9.17) is 0 Å². The maximum atomic E-state index is 2.57. The third kappa shape index (κ3) is 3.30. The van der Waals surface area contributed by atoms with Crippen molar-refractivity contribution in [3.05, 3.63) is 0 Å². The van der Waals surface area contributed by atoms with Crippen molar-refractivity contribution in [3.63, 3.8) is 0 Å². The summed E-state index contributed by atoms with van der Waals surface area (Å²) in [5, 5.41) is 0. The smallest absolute Gasteiger partial charge is 0.0118 e. The van der Waals surface area contributed by atoms with Gasteiger partial charge in [-0.2, -0.15) is 0 Å². The first-order valence-electron chi connectivity index (χ1n) is 5.60. The summed E-state index contributed by atoms with van der Waals surface area (Å²) in [6, 6.07) is 0.847. The molecule has 13 heavy (non-hydrogen) atoms. The monoisotopic (exact) mass is 183 g/mol. The highest BCUT2D eigenvalue weighted by Crippen LogP contribution is 2.30. The second-order valence-corrected chi connectivity index (χ2v) is 5.95. The maximum absolute atomic E-state index is 2.57. The SMILES string of the molecule is CC1CCCC1N(C)CC(C)(C)C. The van der Waals surface area contributed by atoms with Crippen molar-refractivity contribution in [2.45, 2.75) is 53.0 Å². The highest BCUT2D eigenvalue weighted by atomic mass is 15.1. The van der Waals surface area contributed by atoms with E-state index in [1.54, 1.807) is 0 Å². The van der Waals surface area contributed by atoms with Crippen LogP contribution in [-0.2, 0) is 0 Å². The van der Waals surface area contributed by atoms with E-state index in [0.717, 1.165) is 12.0 Å². The molecule has 2 atom stereocenters.